The van der Waals surface area contributed by atoms with Crippen LogP contribution in [0, 0.1) is 0 Å². The van der Waals surface area contributed by atoms with E-state index in [-0.39, 0.29) is 12.5 Å². The van der Waals surface area contributed by atoms with Gasteiger partial charge in [-0.15, -0.1) is 0 Å². The first-order valence-electron chi connectivity index (χ1n) is 8.03. The van der Waals surface area contributed by atoms with Crippen molar-refractivity contribution in [1.82, 2.24) is 19.6 Å². The zero-order chi connectivity index (χ0) is 17.9. The van der Waals surface area contributed by atoms with Crippen LogP contribution in [0.4, 0.5) is 0 Å². The molecule has 2 aromatic heterocycles. The molecule has 2 aromatic rings. The van der Waals surface area contributed by atoms with E-state index < -0.39 is 10.0 Å². The monoisotopic (exact) mass is 360 g/mol. The van der Waals surface area contributed by atoms with Crippen LogP contribution in [0.3, 0.4) is 0 Å². The van der Waals surface area contributed by atoms with Crippen LogP contribution in [0.1, 0.15) is 27.0 Å². The van der Waals surface area contributed by atoms with Crippen molar-refractivity contribution >= 4 is 15.9 Å². The van der Waals surface area contributed by atoms with Crippen molar-refractivity contribution in [2.24, 2.45) is 0 Å². The van der Waals surface area contributed by atoms with Crippen molar-refractivity contribution < 1.29 is 13.2 Å². The lowest BCUT2D eigenvalue weighted by Crippen LogP contribution is -2.36. The largest absolute Gasteiger partial charge is 0.352 e. The van der Waals surface area contributed by atoms with Gasteiger partial charge in [-0.3, -0.25) is 14.8 Å². The Labute approximate surface area is 147 Å². The lowest BCUT2D eigenvalue weighted by Gasteiger charge is -2.27. The van der Waals surface area contributed by atoms with Crippen LogP contribution >= 0.6 is 0 Å². The van der Waals surface area contributed by atoms with Gasteiger partial charge in [0, 0.05) is 44.4 Å². The van der Waals surface area contributed by atoms with Gasteiger partial charge in [0.1, 0.15) is 0 Å². The summed E-state index contributed by atoms with van der Waals surface area (Å²) in [5.41, 5.74) is 3.25. The molecule has 0 saturated carbocycles. The normalized spacial score (nSPS) is 14.8. The van der Waals surface area contributed by atoms with Gasteiger partial charge >= 0.3 is 0 Å². The number of sulfonamides is 1. The quantitative estimate of drug-likeness (QED) is 0.850. The summed E-state index contributed by atoms with van der Waals surface area (Å²) < 4.78 is 24.8. The molecule has 8 heteroatoms. The highest BCUT2D eigenvalue weighted by molar-refractivity contribution is 7.88. The summed E-state index contributed by atoms with van der Waals surface area (Å²) in [6, 6.07) is 3.83. The molecular weight excluding hydrogens is 340 g/mol. The van der Waals surface area contributed by atoms with Crippen molar-refractivity contribution in [2.45, 2.75) is 19.4 Å². The number of carbonyl (C=O) groups is 1. The number of carbonyl (C=O) groups excluding carboxylic acids is 1. The molecule has 0 radical (unpaired) electrons. The summed E-state index contributed by atoms with van der Waals surface area (Å²) in [5.74, 6) is -0.180. The lowest BCUT2D eigenvalue weighted by atomic mass is 9.98. The molecule has 0 saturated heterocycles. The number of hydrogen-bond donors (Lipinski definition) is 1. The summed E-state index contributed by atoms with van der Waals surface area (Å²) in [6.45, 7) is 1.15. The second kappa shape index (κ2) is 7.28. The van der Waals surface area contributed by atoms with Crippen molar-refractivity contribution in [3.63, 3.8) is 0 Å². The first-order valence-corrected chi connectivity index (χ1v) is 9.88. The van der Waals surface area contributed by atoms with E-state index in [2.05, 4.69) is 15.3 Å². The van der Waals surface area contributed by atoms with Crippen LogP contribution in [0.15, 0.2) is 36.9 Å². The fourth-order valence-corrected chi connectivity index (χ4v) is 3.70. The van der Waals surface area contributed by atoms with Crippen molar-refractivity contribution in [3.8, 4) is 0 Å². The fourth-order valence-electron chi connectivity index (χ4n) is 2.91. The predicted molar refractivity (Wildman–Crippen MR) is 93.5 cm³/mol. The van der Waals surface area contributed by atoms with E-state index in [9.17, 15) is 13.2 Å². The Kier molecular flexibility index (Phi) is 5.10. The Morgan fingerprint density at radius 1 is 1.28 bits per heavy atom. The van der Waals surface area contributed by atoms with E-state index in [0.717, 1.165) is 16.7 Å². The van der Waals surface area contributed by atoms with Gasteiger partial charge in [0.2, 0.25) is 10.0 Å². The third-order valence-corrected chi connectivity index (χ3v) is 5.49. The summed E-state index contributed by atoms with van der Waals surface area (Å²) in [4.78, 5) is 20.6. The molecule has 7 nitrogen and oxygen atoms in total. The third-order valence-electron chi connectivity index (χ3n) is 4.24. The van der Waals surface area contributed by atoms with Crippen molar-refractivity contribution in [3.05, 3.63) is 59.2 Å². The minimum Gasteiger partial charge on any atom is -0.352 e. The van der Waals surface area contributed by atoms with Crippen LogP contribution in [0.25, 0.3) is 0 Å². The minimum atomic E-state index is -3.25. The first kappa shape index (κ1) is 17.5. The van der Waals surface area contributed by atoms with E-state index in [1.807, 2.05) is 12.1 Å². The van der Waals surface area contributed by atoms with E-state index >= 15 is 0 Å². The summed E-state index contributed by atoms with van der Waals surface area (Å²) in [5, 5.41) is 2.90. The van der Waals surface area contributed by atoms with E-state index in [4.69, 9.17) is 0 Å². The highest BCUT2D eigenvalue weighted by Crippen LogP contribution is 2.23. The van der Waals surface area contributed by atoms with Gasteiger partial charge < -0.3 is 5.32 Å². The van der Waals surface area contributed by atoms with Crippen LogP contribution in [0.5, 0.6) is 0 Å². The Hall–Kier alpha value is -2.32. The molecule has 1 N–H and O–H groups in total. The Bertz CT molecular complexity index is 869. The standard InChI is InChI=1S/C17H20N4O3S/c1-25(23,24)21-8-5-15-14(12-21)10-19-11-16(15)17(22)20-7-4-13-3-2-6-18-9-13/h2-3,6,9-11H,4-5,7-8,12H2,1H3,(H,20,22). The summed E-state index contributed by atoms with van der Waals surface area (Å²) in [7, 11) is -3.25. The highest BCUT2D eigenvalue weighted by atomic mass is 32.2. The van der Waals surface area contributed by atoms with Gasteiger partial charge in [-0.1, -0.05) is 6.07 Å². The molecule has 25 heavy (non-hydrogen) atoms. The third kappa shape index (κ3) is 4.21. The molecule has 1 aliphatic rings. The molecule has 3 heterocycles. The molecule has 3 rings (SSSR count). The Morgan fingerprint density at radius 2 is 2.12 bits per heavy atom. The average Bonchev–Trinajstić information content (AvgIpc) is 2.60. The number of rotatable bonds is 5. The molecule has 0 atom stereocenters. The second-order valence-electron chi connectivity index (χ2n) is 6.04. The average molecular weight is 360 g/mol. The molecule has 1 amide bonds. The van der Waals surface area contributed by atoms with Gasteiger partial charge in [-0.25, -0.2) is 8.42 Å². The fraction of sp³-hybridized carbons (Fsp3) is 0.353. The number of nitrogens with one attached hydrogen (secondary N) is 1. The maximum absolute atomic E-state index is 12.5. The summed E-state index contributed by atoms with van der Waals surface area (Å²) in [6.07, 6.45) is 9.08. The minimum absolute atomic E-state index is 0.180. The van der Waals surface area contributed by atoms with Crippen molar-refractivity contribution in [2.75, 3.05) is 19.3 Å². The van der Waals surface area contributed by atoms with Gasteiger partial charge in [0.05, 0.1) is 11.8 Å². The predicted octanol–water partition coefficient (Wildman–Crippen LogP) is 0.767. The molecular formula is C17H20N4O3S. The SMILES string of the molecule is CS(=O)(=O)N1CCc2c(cncc2C(=O)NCCc2cccnc2)C1. The number of nitrogens with zero attached hydrogens (tertiary/aromatic N) is 3. The highest BCUT2D eigenvalue weighted by Gasteiger charge is 2.26. The molecule has 0 unspecified atom stereocenters. The second-order valence-corrected chi connectivity index (χ2v) is 8.02. The molecule has 0 spiro atoms. The molecule has 0 aliphatic carbocycles. The van der Waals surface area contributed by atoms with Crippen LogP contribution in [0.2, 0.25) is 0 Å². The molecule has 0 aromatic carbocycles. The van der Waals surface area contributed by atoms with E-state index in [1.54, 1.807) is 24.8 Å². The number of amides is 1. The van der Waals surface area contributed by atoms with Gasteiger partial charge in [-0.2, -0.15) is 4.31 Å². The van der Waals surface area contributed by atoms with Crippen LogP contribution < -0.4 is 5.32 Å². The van der Waals surface area contributed by atoms with Crippen LogP contribution in [-0.4, -0.2) is 47.9 Å². The summed E-state index contributed by atoms with van der Waals surface area (Å²) >= 11 is 0. The van der Waals surface area contributed by atoms with E-state index in [0.29, 0.717) is 31.5 Å². The Morgan fingerprint density at radius 3 is 2.84 bits per heavy atom. The van der Waals surface area contributed by atoms with Gasteiger partial charge in [0.25, 0.3) is 5.91 Å². The molecule has 0 fully saturated rings. The zero-order valence-electron chi connectivity index (χ0n) is 14.0. The number of pyridine rings is 2. The molecule has 0 bridgehead atoms. The van der Waals surface area contributed by atoms with E-state index in [1.165, 1.54) is 10.6 Å². The first-order chi connectivity index (χ1) is 11.9. The number of fused-ring (bicyclic) bond motifs is 1. The maximum atomic E-state index is 12.5. The maximum Gasteiger partial charge on any atom is 0.253 e. The van der Waals surface area contributed by atoms with Gasteiger partial charge in [-0.05, 0) is 35.6 Å². The van der Waals surface area contributed by atoms with Gasteiger partial charge in [0.15, 0.2) is 0 Å². The number of aromatic nitrogens is 2. The number of hydrogen-bond acceptors (Lipinski definition) is 5. The smallest absolute Gasteiger partial charge is 0.253 e. The zero-order valence-corrected chi connectivity index (χ0v) is 14.8. The van der Waals surface area contributed by atoms with Crippen molar-refractivity contribution in [1.29, 1.82) is 0 Å². The molecule has 1 aliphatic heterocycles. The van der Waals surface area contributed by atoms with Crippen LogP contribution in [-0.2, 0) is 29.4 Å². The topological polar surface area (TPSA) is 92.3 Å². The molecule has 132 valence electrons. The lowest BCUT2D eigenvalue weighted by molar-refractivity contribution is 0.0952. The Balaban J connectivity index is 1.68.